The van der Waals surface area contributed by atoms with Crippen LogP contribution in [0.3, 0.4) is 0 Å². The lowest BCUT2D eigenvalue weighted by molar-refractivity contribution is -0.135. The van der Waals surface area contributed by atoms with Gasteiger partial charge in [0.15, 0.2) is 5.65 Å². The highest BCUT2D eigenvalue weighted by atomic mass is 19.1. The van der Waals surface area contributed by atoms with E-state index in [1.54, 1.807) is 25.1 Å². The number of aromatic nitrogens is 3. The second kappa shape index (κ2) is 8.87. The fraction of sp³-hybridized carbons (Fsp3) is 0.423. The first-order valence-electron chi connectivity index (χ1n) is 12.0. The van der Waals surface area contributed by atoms with Gasteiger partial charge in [-0.15, -0.1) is 0 Å². The number of carbonyl (C=O) groups excluding carboxylic acids is 3. The largest absolute Gasteiger partial charge is 0.350 e. The zero-order valence-corrected chi connectivity index (χ0v) is 19.6. The average molecular weight is 478 g/mol. The van der Waals surface area contributed by atoms with Gasteiger partial charge >= 0.3 is 0 Å². The molecule has 182 valence electrons. The summed E-state index contributed by atoms with van der Waals surface area (Å²) in [7, 11) is 0. The van der Waals surface area contributed by atoms with Crippen LogP contribution in [0.1, 0.15) is 72.0 Å². The molecule has 2 bridgehead atoms. The fourth-order valence-corrected chi connectivity index (χ4v) is 5.48. The minimum atomic E-state index is -0.439. The van der Waals surface area contributed by atoms with Crippen molar-refractivity contribution >= 4 is 23.2 Å². The van der Waals surface area contributed by atoms with E-state index in [0.717, 1.165) is 44.1 Å². The third kappa shape index (κ3) is 4.42. The van der Waals surface area contributed by atoms with E-state index in [9.17, 15) is 18.8 Å². The summed E-state index contributed by atoms with van der Waals surface area (Å²) in [5, 5.41) is 10.0. The highest BCUT2D eigenvalue weighted by Crippen LogP contribution is 2.56. The second-order valence-corrected chi connectivity index (χ2v) is 9.96. The standard InChI is InChI=1S/C26H28FN5O3/c1-17(33)26-10-7-25(8-11-26,9-12-26)16-29-24(35)21-14-20(31-22-6-13-30-32(21)22)23(34)28-15-18-2-4-19(27)5-3-18/h2-6,13-14H,7-12,15-16H2,1H3,(H,28,34)(H,29,35). The van der Waals surface area contributed by atoms with Gasteiger partial charge in [-0.2, -0.15) is 5.10 Å². The number of halogens is 1. The van der Waals surface area contributed by atoms with Crippen molar-refractivity contribution in [1.29, 1.82) is 0 Å². The number of carbonyl (C=O) groups is 3. The zero-order chi connectivity index (χ0) is 24.6. The number of Topliss-reactive ketones (excluding diaryl/α,β-unsaturated/α-hetero) is 1. The Morgan fingerprint density at radius 1 is 0.971 bits per heavy atom. The van der Waals surface area contributed by atoms with Crippen LogP contribution < -0.4 is 10.6 Å². The van der Waals surface area contributed by atoms with E-state index in [-0.39, 0.29) is 46.3 Å². The molecule has 2 N–H and O–H groups in total. The Morgan fingerprint density at radius 3 is 2.31 bits per heavy atom. The molecule has 1 aromatic carbocycles. The Hall–Kier alpha value is -3.62. The number of benzene rings is 1. The van der Waals surface area contributed by atoms with Gasteiger partial charge in [0.2, 0.25) is 0 Å². The topological polar surface area (TPSA) is 105 Å². The molecule has 3 aromatic rings. The Morgan fingerprint density at radius 2 is 1.66 bits per heavy atom. The van der Waals surface area contributed by atoms with E-state index >= 15 is 0 Å². The van der Waals surface area contributed by atoms with Crippen molar-refractivity contribution in [2.75, 3.05) is 6.54 Å². The highest BCUT2D eigenvalue weighted by Gasteiger charge is 2.50. The molecule has 3 aliphatic rings. The number of nitrogens with zero attached hydrogens (tertiary/aromatic N) is 3. The Balaban J connectivity index is 1.29. The van der Waals surface area contributed by atoms with Gasteiger partial charge < -0.3 is 10.6 Å². The van der Waals surface area contributed by atoms with Crippen LogP contribution in [-0.4, -0.2) is 38.7 Å². The van der Waals surface area contributed by atoms with Crippen molar-refractivity contribution in [3.63, 3.8) is 0 Å². The van der Waals surface area contributed by atoms with E-state index in [0.29, 0.717) is 12.2 Å². The van der Waals surface area contributed by atoms with Crippen LogP contribution in [0.2, 0.25) is 0 Å². The van der Waals surface area contributed by atoms with E-state index < -0.39 is 5.91 Å². The third-order valence-corrected chi connectivity index (χ3v) is 7.96. The maximum atomic E-state index is 13.2. The minimum absolute atomic E-state index is 0.0124. The Kier molecular flexibility index (Phi) is 5.86. The van der Waals surface area contributed by atoms with E-state index in [4.69, 9.17) is 0 Å². The minimum Gasteiger partial charge on any atom is -0.350 e. The summed E-state index contributed by atoms with van der Waals surface area (Å²) in [6.07, 6.45) is 6.97. The molecule has 8 nitrogen and oxygen atoms in total. The number of rotatable bonds is 7. The summed E-state index contributed by atoms with van der Waals surface area (Å²) in [5.41, 5.74) is 1.32. The van der Waals surface area contributed by atoms with Crippen molar-refractivity contribution in [2.45, 2.75) is 52.0 Å². The Bertz CT molecular complexity index is 1280. The lowest BCUT2D eigenvalue weighted by atomic mass is 9.52. The van der Waals surface area contributed by atoms with Crippen LogP contribution in [-0.2, 0) is 11.3 Å². The summed E-state index contributed by atoms with van der Waals surface area (Å²) in [6.45, 7) is 2.43. The van der Waals surface area contributed by atoms with E-state index in [1.807, 2.05) is 0 Å². The van der Waals surface area contributed by atoms with Gasteiger partial charge in [0, 0.05) is 30.6 Å². The smallest absolute Gasteiger partial charge is 0.270 e. The molecule has 3 saturated carbocycles. The first-order chi connectivity index (χ1) is 16.8. The lowest BCUT2D eigenvalue weighted by Gasteiger charge is -2.52. The van der Waals surface area contributed by atoms with Gasteiger partial charge in [0.1, 0.15) is 23.0 Å². The molecule has 3 fully saturated rings. The first kappa shape index (κ1) is 23.1. The molecule has 0 aliphatic heterocycles. The summed E-state index contributed by atoms with van der Waals surface area (Å²) >= 11 is 0. The quantitative estimate of drug-likeness (QED) is 0.542. The molecule has 2 aromatic heterocycles. The normalized spacial score (nSPS) is 23.3. The molecular formula is C26H28FN5O3. The predicted molar refractivity (Wildman–Crippen MR) is 126 cm³/mol. The number of nitrogens with one attached hydrogen (secondary N) is 2. The summed E-state index contributed by atoms with van der Waals surface area (Å²) < 4.78 is 14.5. The zero-order valence-electron chi connectivity index (χ0n) is 19.6. The first-order valence-corrected chi connectivity index (χ1v) is 12.0. The maximum absolute atomic E-state index is 13.2. The number of hydrogen-bond donors (Lipinski definition) is 2. The summed E-state index contributed by atoms with van der Waals surface area (Å²) in [6, 6.07) is 8.93. The molecule has 0 spiro atoms. The molecular weight excluding hydrogens is 449 g/mol. The van der Waals surface area contributed by atoms with Gasteiger partial charge in [0.25, 0.3) is 11.8 Å². The molecule has 0 saturated heterocycles. The van der Waals surface area contributed by atoms with Crippen LogP contribution in [0.25, 0.3) is 5.65 Å². The molecule has 3 aliphatic carbocycles. The predicted octanol–water partition coefficient (Wildman–Crippen LogP) is 3.46. The Labute approximate surface area is 202 Å². The van der Waals surface area contributed by atoms with Crippen molar-refractivity contribution in [3.8, 4) is 0 Å². The van der Waals surface area contributed by atoms with Crippen molar-refractivity contribution in [2.24, 2.45) is 10.8 Å². The van der Waals surface area contributed by atoms with Crippen LogP contribution in [0.5, 0.6) is 0 Å². The van der Waals surface area contributed by atoms with Gasteiger partial charge in [0.05, 0.1) is 6.20 Å². The highest BCUT2D eigenvalue weighted by molar-refractivity contribution is 5.98. The van der Waals surface area contributed by atoms with Gasteiger partial charge in [-0.05, 0) is 68.6 Å². The van der Waals surface area contributed by atoms with Crippen LogP contribution in [0, 0.1) is 16.6 Å². The van der Waals surface area contributed by atoms with Gasteiger partial charge in [-0.25, -0.2) is 13.9 Å². The summed E-state index contributed by atoms with van der Waals surface area (Å²) in [5.74, 6) is -0.816. The molecule has 0 atom stereocenters. The van der Waals surface area contributed by atoms with E-state index in [2.05, 4.69) is 20.7 Å². The number of ketones is 1. The SMILES string of the molecule is CC(=O)C12CCC(CNC(=O)c3cc(C(=O)NCc4ccc(F)cc4)nc4ccnn34)(CC1)CC2. The third-order valence-electron chi connectivity index (χ3n) is 7.96. The summed E-state index contributed by atoms with van der Waals surface area (Å²) in [4.78, 5) is 42.4. The van der Waals surface area contributed by atoms with E-state index in [1.165, 1.54) is 28.9 Å². The monoisotopic (exact) mass is 477 g/mol. The average Bonchev–Trinajstić information content (AvgIpc) is 3.36. The molecule has 9 heteroatoms. The molecule has 0 unspecified atom stereocenters. The molecule has 2 amide bonds. The van der Waals surface area contributed by atoms with Crippen LogP contribution in [0.4, 0.5) is 4.39 Å². The van der Waals surface area contributed by atoms with Crippen LogP contribution in [0.15, 0.2) is 42.6 Å². The molecule has 35 heavy (non-hydrogen) atoms. The van der Waals surface area contributed by atoms with Crippen molar-refractivity contribution in [1.82, 2.24) is 25.2 Å². The molecule has 6 rings (SSSR count). The van der Waals surface area contributed by atoms with Crippen molar-refractivity contribution in [3.05, 3.63) is 65.4 Å². The molecule has 2 heterocycles. The van der Waals surface area contributed by atoms with Crippen LogP contribution >= 0.6 is 0 Å². The van der Waals surface area contributed by atoms with Gasteiger partial charge in [-0.1, -0.05) is 12.1 Å². The fourth-order valence-electron chi connectivity index (χ4n) is 5.48. The molecule has 0 radical (unpaired) electrons. The number of amides is 2. The van der Waals surface area contributed by atoms with Gasteiger partial charge in [-0.3, -0.25) is 14.4 Å². The maximum Gasteiger partial charge on any atom is 0.270 e. The lowest BCUT2D eigenvalue weighted by Crippen LogP contribution is -2.49. The number of hydrogen-bond acceptors (Lipinski definition) is 5. The second-order valence-electron chi connectivity index (χ2n) is 9.96. The number of fused-ring (bicyclic) bond motifs is 4. The van der Waals surface area contributed by atoms with Crippen molar-refractivity contribution < 1.29 is 18.8 Å².